The van der Waals surface area contributed by atoms with Crippen LogP contribution in [0.3, 0.4) is 0 Å². The highest BCUT2D eigenvalue weighted by Gasteiger charge is 2.15. The van der Waals surface area contributed by atoms with Gasteiger partial charge in [-0.05, 0) is 34.4 Å². The summed E-state index contributed by atoms with van der Waals surface area (Å²) in [4.78, 5) is 8.03. The van der Waals surface area contributed by atoms with Gasteiger partial charge in [-0.1, -0.05) is 24.3 Å². The Kier molecular flexibility index (Phi) is 5.70. The largest absolute Gasteiger partial charge is 0.392 e. The van der Waals surface area contributed by atoms with Crippen molar-refractivity contribution in [1.29, 1.82) is 0 Å². The summed E-state index contributed by atoms with van der Waals surface area (Å²) < 4.78 is 0. The Bertz CT molecular complexity index is 795. The summed E-state index contributed by atoms with van der Waals surface area (Å²) in [5.41, 5.74) is 3.74. The van der Waals surface area contributed by atoms with E-state index in [1.165, 1.54) is 0 Å². The summed E-state index contributed by atoms with van der Waals surface area (Å²) in [5.74, 6) is 0. The number of hydrogen-bond acceptors (Lipinski definition) is 6. The van der Waals surface area contributed by atoms with E-state index < -0.39 is 12.2 Å². The van der Waals surface area contributed by atoms with Crippen LogP contribution in [0.1, 0.15) is 45.6 Å². The Hall–Kier alpha value is -2.64. The molecule has 2 aromatic heterocycles. The van der Waals surface area contributed by atoms with Gasteiger partial charge in [0.1, 0.15) is 12.2 Å². The molecule has 0 saturated carbocycles. The van der Waals surface area contributed by atoms with E-state index in [4.69, 9.17) is 0 Å². The molecule has 0 aliphatic rings. The summed E-state index contributed by atoms with van der Waals surface area (Å²) in [6.07, 6.45) is 4.45. The number of aromatic nitrogens is 2. The summed E-state index contributed by atoms with van der Waals surface area (Å²) in [6, 6.07) is 10.3. The van der Waals surface area contributed by atoms with Gasteiger partial charge < -0.3 is 20.4 Å². The van der Waals surface area contributed by atoms with Gasteiger partial charge in [0.25, 0.3) is 0 Å². The van der Waals surface area contributed by atoms with Crippen LogP contribution in [0.4, 0.5) is 0 Å². The average molecular weight is 352 g/mol. The van der Waals surface area contributed by atoms with Gasteiger partial charge in [0.15, 0.2) is 0 Å². The van der Waals surface area contributed by atoms with Gasteiger partial charge in [0, 0.05) is 35.9 Å². The van der Waals surface area contributed by atoms with E-state index in [2.05, 4.69) is 9.97 Å². The maximum Gasteiger partial charge on any atom is 0.106 e. The molecule has 2 unspecified atom stereocenters. The molecule has 0 aliphatic heterocycles. The van der Waals surface area contributed by atoms with Gasteiger partial charge in [0.05, 0.1) is 13.2 Å². The van der Waals surface area contributed by atoms with E-state index in [9.17, 15) is 20.4 Å². The Morgan fingerprint density at radius 1 is 0.615 bits per heavy atom. The number of aliphatic hydroxyl groups is 4. The fourth-order valence-electron chi connectivity index (χ4n) is 2.73. The van der Waals surface area contributed by atoms with Crippen LogP contribution in [0.15, 0.2) is 61.2 Å². The van der Waals surface area contributed by atoms with Crippen molar-refractivity contribution < 1.29 is 20.4 Å². The van der Waals surface area contributed by atoms with Crippen molar-refractivity contribution in [2.75, 3.05) is 0 Å². The molecule has 0 spiro atoms. The van der Waals surface area contributed by atoms with Crippen molar-refractivity contribution in [2.24, 2.45) is 0 Å². The van der Waals surface area contributed by atoms with Crippen molar-refractivity contribution in [2.45, 2.75) is 25.4 Å². The minimum atomic E-state index is -0.875. The predicted molar refractivity (Wildman–Crippen MR) is 94.9 cm³/mol. The summed E-state index contributed by atoms with van der Waals surface area (Å²) in [7, 11) is 0. The molecule has 0 amide bonds. The first-order valence-electron chi connectivity index (χ1n) is 8.17. The van der Waals surface area contributed by atoms with Crippen molar-refractivity contribution in [1.82, 2.24) is 9.97 Å². The number of pyridine rings is 2. The highest BCUT2D eigenvalue weighted by Crippen LogP contribution is 2.26. The lowest BCUT2D eigenvalue weighted by molar-refractivity contribution is 0.215. The maximum absolute atomic E-state index is 10.5. The molecule has 0 bridgehead atoms. The standard InChI is InChI=1S/C20H20N2O4/c23-11-13-5-17(9-21-7-13)19(25)15-1-2-16(4-3-15)20(26)18-6-14(12-24)8-22-10-18/h1-10,19-20,23-26H,11-12H2. The molecule has 134 valence electrons. The van der Waals surface area contributed by atoms with Crippen LogP contribution < -0.4 is 0 Å². The maximum atomic E-state index is 10.5. The van der Waals surface area contributed by atoms with Gasteiger partial charge >= 0.3 is 0 Å². The normalized spacial score (nSPS) is 13.4. The number of rotatable bonds is 6. The minimum Gasteiger partial charge on any atom is -0.392 e. The average Bonchev–Trinajstić information content (AvgIpc) is 2.72. The zero-order chi connectivity index (χ0) is 18.5. The van der Waals surface area contributed by atoms with Gasteiger partial charge in [0.2, 0.25) is 0 Å². The Balaban J connectivity index is 1.81. The smallest absolute Gasteiger partial charge is 0.106 e. The molecule has 4 N–H and O–H groups in total. The first-order chi connectivity index (χ1) is 12.6. The van der Waals surface area contributed by atoms with E-state index in [0.717, 1.165) is 0 Å². The number of hydrogen-bond donors (Lipinski definition) is 4. The van der Waals surface area contributed by atoms with Crippen LogP contribution in [0.25, 0.3) is 0 Å². The molecule has 6 heteroatoms. The highest BCUT2D eigenvalue weighted by molar-refractivity contribution is 5.35. The molecule has 0 radical (unpaired) electrons. The van der Waals surface area contributed by atoms with E-state index in [-0.39, 0.29) is 13.2 Å². The Morgan fingerprint density at radius 2 is 1.00 bits per heavy atom. The fourth-order valence-corrected chi connectivity index (χ4v) is 2.73. The van der Waals surface area contributed by atoms with Gasteiger partial charge in [-0.3, -0.25) is 9.97 Å². The number of benzene rings is 1. The second-order valence-corrected chi connectivity index (χ2v) is 6.04. The van der Waals surface area contributed by atoms with Crippen LogP contribution in [-0.4, -0.2) is 30.4 Å². The molecular weight excluding hydrogens is 332 g/mol. The van der Waals surface area contributed by atoms with E-state index in [0.29, 0.717) is 33.4 Å². The Labute approximate surface area is 151 Å². The minimum absolute atomic E-state index is 0.139. The van der Waals surface area contributed by atoms with Crippen LogP contribution in [0, 0.1) is 0 Å². The predicted octanol–water partition coefficient (Wildman–Crippen LogP) is 1.62. The van der Waals surface area contributed by atoms with Crippen molar-refractivity contribution in [3.05, 3.63) is 94.6 Å². The zero-order valence-corrected chi connectivity index (χ0v) is 14.0. The SMILES string of the molecule is OCc1cncc(C(O)c2ccc(C(O)c3cncc(CO)c3)cc2)c1. The topological polar surface area (TPSA) is 107 Å². The van der Waals surface area contributed by atoms with E-state index in [1.807, 2.05) is 0 Å². The second-order valence-electron chi connectivity index (χ2n) is 6.04. The first-order valence-corrected chi connectivity index (χ1v) is 8.17. The van der Waals surface area contributed by atoms with Crippen molar-refractivity contribution in [3.63, 3.8) is 0 Å². The zero-order valence-electron chi connectivity index (χ0n) is 14.0. The molecule has 2 atom stereocenters. The lowest BCUT2D eigenvalue weighted by Crippen LogP contribution is -2.04. The lowest BCUT2D eigenvalue weighted by Gasteiger charge is -2.15. The molecule has 3 aromatic rings. The molecule has 1 aromatic carbocycles. The first kappa shape index (κ1) is 18.2. The van der Waals surface area contributed by atoms with Crippen LogP contribution in [0.5, 0.6) is 0 Å². The Morgan fingerprint density at radius 3 is 1.35 bits per heavy atom. The monoisotopic (exact) mass is 352 g/mol. The fraction of sp³-hybridized carbons (Fsp3) is 0.200. The van der Waals surface area contributed by atoms with Gasteiger partial charge in [-0.2, -0.15) is 0 Å². The molecular formula is C20H20N2O4. The molecule has 0 aliphatic carbocycles. The molecule has 6 nitrogen and oxygen atoms in total. The van der Waals surface area contributed by atoms with Crippen LogP contribution in [0.2, 0.25) is 0 Å². The molecule has 3 rings (SSSR count). The van der Waals surface area contributed by atoms with Crippen molar-refractivity contribution in [3.8, 4) is 0 Å². The van der Waals surface area contributed by atoms with E-state index in [1.54, 1.807) is 61.2 Å². The highest BCUT2D eigenvalue weighted by atomic mass is 16.3. The van der Waals surface area contributed by atoms with Gasteiger partial charge in [-0.15, -0.1) is 0 Å². The third-order valence-corrected chi connectivity index (χ3v) is 4.20. The summed E-state index contributed by atoms with van der Waals surface area (Å²) >= 11 is 0. The molecule has 0 saturated heterocycles. The third-order valence-electron chi connectivity index (χ3n) is 4.20. The quantitative estimate of drug-likeness (QED) is 0.537. The summed E-state index contributed by atoms with van der Waals surface area (Å²) in [6.45, 7) is -0.279. The molecule has 0 fully saturated rings. The van der Waals surface area contributed by atoms with Crippen LogP contribution >= 0.6 is 0 Å². The number of aliphatic hydroxyl groups excluding tert-OH is 4. The lowest BCUT2D eigenvalue weighted by atomic mass is 9.97. The van der Waals surface area contributed by atoms with Crippen LogP contribution in [-0.2, 0) is 13.2 Å². The van der Waals surface area contributed by atoms with Crippen molar-refractivity contribution >= 4 is 0 Å². The van der Waals surface area contributed by atoms with E-state index >= 15 is 0 Å². The second kappa shape index (κ2) is 8.16. The molecule has 2 heterocycles. The van der Waals surface area contributed by atoms with Gasteiger partial charge in [-0.25, -0.2) is 0 Å². The molecule has 26 heavy (non-hydrogen) atoms. The third kappa shape index (κ3) is 3.95. The summed E-state index contributed by atoms with van der Waals surface area (Å²) in [5, 5.41) is 39.4. The number of nitrogens with zero attached hydrogens (tertiary/aromatic N) is 2.